The van der Waals surface area contributed by atoms with Gasteiger partial charge in [0.05, 0.1) is 6.54 Å². The van der Waals surface area contributed by atoms with Crippen LogP contribution in [0.3, 0.4) is 0 Å². The van der Waals surface area contributed by atoms with E-state index in [1.807, 2.05) is 54.6 Å². The quantitative estimate of drug-likeness (QED) is 0.836. The molecule has 2 aliphatic rings. The molecule has 124 valence electrons. The monoisotopic (exact) mass is 341 g/mol. The van der Waals surface area contributed by atoms with Crippen LogP contribution < -0.4 is 4.90 Å². The summed E-state index contributed by atoms with van der Waals surface area (Å²) >= 11 is 6.05. The molecular weight excluding hydrogens is 320 g/mol. The number of nitrogens with zero attached hydrogens (tertiary/aromatic N) is 2. The molecule has 2 aromatic rings. The highest BCUT2D eigenvalue weighted by atomic mass is 35.5. The van der Waals surface area contributed by atoms with Gasteiger partial charge < -0.3 is 5.11 Å². The largest absolute Gasteiger partial charge is 0.346 e. The van der Waals surface area contributed by atoms with Gasteiger partial charge in [-0.3, -0.25) is 0 Å². The van der Waals surface area contributed by atoms with E-state index in [1.54, 1.807) is 0 Å². The third kappa shape index (κ3) is 2.62. The average molecular weight is 342 g/mol. The van der Waals surface area contributed by atoms with E-state index in [-0.39, 0.29) is 0 Å². The lowest BCUT2D eigenvalue weighted by Crippen LogP contribution is -2.40. The van der Waals surface area contributed by atoms with Crippen molar-refractivity contribution in [2.45, 2.75) is 31.4 Å². The van der Waals surface area contributed by atoms with Gasteiger partial charge in [-0.15, -0.1) is 0 Å². The first-order valence-corrected chi connectivity index (χ1v) is 9.01. The number of hydrogen-bond donors (Lipinski definition) is 1. The van der Waals surface area contributed by atoms with Crippen LogP contribution in [0.15, 0.2) is 54.6 Å². The Morgan fingerprint density at radius 3 is 2.46 bits per heavy atom. The standard InChI is InChI=1S/C20H22ClN2O/c21-17-10-12-18(13-11-17)22-15-20(24,16-7-3-1-4-8-16)23-14-6-2-5-9-19(22)23/h1,3-4,7-8,10-13,24H,2,5-6,9,14-15H2/q+1/t20-/m1/s1. The lowest BCUT2D eigenvalue weighted by molar-refractivity contribution is -0.658. The van der Waals surface area contributed by atoms with Gasteiger partial charge in [-0.05, 0) is 43.5 Å². The van der Waals surface area contributed by atoms with E-state index in [2.05, 4.69) is 9.48 Å². The van der Waals surface area contributed by atoms with Gasteiger partial charge >= 0.3 is 0 Å². The Morgan fingerprint density at radius 2 is 1.71 bits per heavy atom. The molecule has 0 saturated heterocycles. The van der Waals surface area contributed by atoms with Gasteiger partial charge in [0.25, 0.3) is 11.6 Å². The summed E-state index contributed by atoms with van der Waals surface area (Å²) in [6.07, 6.45) is 4.49. The predicted octanol–water partition coefficient (Wildman–Crippen LogP) is 3.99. The Labute approximate surface area is 147 Å². The summed E-state index contributed by atoms with van der Waals surface area (Å²) in [4.78, 5) is 2.26. The molecule has 24 heavy (non-hydrogen) atoms. The van der Waals surface area contributed by atoms with Crippen LogP contribution in [0.25, 0.3) is 0 Å². The van der Waals surface area contributed by atoms with Crippen LogP contribution in [-0.2, 0) is 5.72 Å². The number of hydrogen-bond acceptors (Lipinski definition) is 2. The van der Waals surface area contributed by atoms with Crippen LogP contribution in [0.4, 0.5) is 5.69 Å². The van der Waals surface area contributed by atoms with Crippen molar-refractivity contribution in [3.8, 4) is 0 Å². The molecule has 4 heteroatoms. The lowest BCUT2D eigenvalue weighted by Gasteiger charge is -2.23. The minimum absolute atomic E-state index is 0.550. The van der Waals surface area contributed by atoms with E-state index in [0.29, 0.717) is 6.54 Å². The molecule has 0 aromatic heterocycles. The van der Waals surface area contributed by atoms with Crippen LogP contribution >= 0.6 is 11.6 Å². The zero-order chi connectivity index (χ0) is 16.6. The maximum Gasteiger partial charge on any atom is 0.271 e. The van der Waals surface area contributed by atoms with Gasteiger partial charge in [0.2, 0.25) is 0 Å². The van der Waals surface area contributed by atoms with E-state index in [4.69, 9.17) is 11.6 Å². The second-order valence-corrected chi connectivity index (χ2v) is 7.06. The van der Waals surface area contributed by atoms with Gasteiger partial charge in [-0.25, -0.2) is 9.48 Å². The Hall–Kier alpha value is -1.84. The van der Waals surface area contributed by atoms with Crippen molar-refractivity contribution in [3.63, 3.8) is 0 Å². The van der Waals surface area contributed by atoms with Crippen LogP contribution in [0.1, 0.15) is 31.2 Å². The molecule has 0 fully saturated rings. The summed E-state index contributed by atoms with van der Waals surface area (Å²) in [5, 5.41) is 12.3. The SMILES string of the molecule is O[C@@]1(c2ccccc2)CN(c2ccc(Cl)cc2)C2=[N+]1CCCCC2. The van der Waals surface area contributed by atoms with Crippen molar-refractivity contribution in [1.82, 2.24) is 0 Å². The lowest BCUT2D eigenvalue weighted by atomic mass is 10.0. The van der Waals surface area contributed by atoms with E-state index in [9.17, 15) is 5.11 Å². The molecule has 0 spiro atoms. The average Bonchev–Trinajstić information content (AvgIpc) is 2.78. The van der Waals surface area contributed by atoms with Gasteiger partial charge in [-0.1, -0.05) is 41.9 Å². The summed E-state index contributed by atoms with van der Waals surface area (Å²) in [5.41, 5.74) is 1.08. The third-order valence-corrected chi connectivity index (χ3v) is 5.36. The molecule has 0 radical (unpaired) electrons. The topological polar surface area (TPSA) is 26.5 Å². The minimum Gasteiger partial charge on any atom is -0.346 e. The predicted molar refractivity (Wildman–Crippen MR) is 97.7 cm³/mol. The van der Waals surface area contributed by atoms with Gasteiger partial charge in [0.1, 0.15) is 5.69 Å². The number of rotatable bonds is 2. The maximum atomic E-state index is 11.6. The van der Waals surface area contributed by atoms with Crippen LogP contribution in [0.5, 0.6) is 0 Å². The van der Waals surface area contributed by atoms with Crippen molar-refractivity contribution < 1.29 is 9.68 Å². The van der Waals surface area contributed by atoms with Crippen LogP contribution in [0, 0.1) is 0 Å². The molecule has 0 aliphatic carbocycles. The molecular formula is C20H22ClN2O+. The summed E-state index contributed by atoms with van der Waals surface area (Å²) in [6.45, 7) is 1.44. The molecule has 0 unspecified atom stereocenters. The molecule has 1 N–H and O–H groups in total. The van der Waals surface area contributed by atoms with Gasteiger partial charge in [0, 0.05) is 17.0 Å². The van der Waals surface area contributed by atoms with E-state index < -0.39 is 5.72 Å². The second kappa shape index (κ2) is 6.23. The molecule has 2 heterocycles. The van der Waals surface area contributed by atoms with E-state index in [1.165, 1.54) is 18.7 Å². The third-order valence-electron chi connectivity index (χ3n) is 5.10. The fourth-order valence-electron chi connectivity index (χ4n) is 3.88. The normalized spacial score (nSPS) is 24.0. The molecule has 1 atom stereocenters. The van der Waals surface area contributed by atoms with Crippen molar-refractivity contribution in [3.05, 3.63) is 65.2 Å². The molecule has 3 nitrogen and oxygen atoms in total. The summed E-state index contributed by atoms with van der Waals surface area (Å²) in [7, 11) is 0. The maximum absolute atomic E-state index is 11.6. The summed E-state index contributed by atoms with van der Waals surface area (Å²) in [6, 6.07) is 17.9. The number of aliphatic hydroxyl groups is 1. The first kappa shape index (κ1) is 15.7. The number of β-amino-alcohol motifs (C(OH)–C–C–N with tert-alkyl or cyclic N) is 1. The van der Waals surface area contributed by atoms with Crippen LogP contribution in [0.2, 0.25) is 5.02 Å². The Morgan fingerprint density at radius 1 is 0.958 bits per heavy atom. The van der Waals surface area contributed by atoms with Gasteiger partial charge in [0.15, 0.2) is 6.54 Å². The zero-order valence-corrected chi connectivity index (χ0v) is 14.4. The molecule has 0 amide bonds. The molecule has 0 bridgehead atoms. The Bertz CT molecular complexity index is 757. The number of benzene rings is 2. The number of anilines is 1. The molecule has 0 saturated carbocycles. The Balaban J connectivity index is 1.80. The highest BCUT2D eigenvalue weighted by molar-refractivity contribution is 6.30. The highest BCUT2D eigenvalue weighted by Gasteiger charge is 2.51. The van der Waals surface area contributed by atoms with Crippen molar-refractivity contribution in [2.75, 3.05) is 18.0 Å². The molecule has 2 aromatic carbocycles. The van der Waals surface area contributed by atoms with E-state index in [0.717, 1.165) is 35.7 Å². The summed E-state index contributed by atoms with van der Waals surface area (Å²) in [5.74, 6) is 1.22. The molecule has 2 aliphatic heterocycles. The van der Waals surface area contributed by atoms with Gasteiger partial charge in [-0.2, -0.15) is 0 Å². The smallest absolute Gasteiger partial charge is 0.271 e. The Kier molecular flexibility index (Phi) is 4.07. The first-order chi connectivity index (χ1) is 11.7. The minimum atomic E-state index is -0.972. The van der Waals surface area contributed by atoms with Crippen molar-refractivity contribution in [1.29, 1.82) is 0 Å². The number of amidine groups is 1. The first-order valence-electron chi connectivity index (χ1n) is 8.63. The fourth-order valence-corrected chi connectivity index (χ4v) is 4.01. The van der Waals surface area contributed by atoms with Crippen LogP contribution in [-0.4, -0.2) is 28.6 Å². The van der Waals surface area contributed by atoms with Crippen molar-refractivity contribution in [2.24, 2.45) is 0 Å². The fraction of sp³-hybridized carbons (Fsp3) is 0.350. The van der Waals surface area contributed by atoms with E-state index >= 15 is 0 Å². The summed E-state index contributed by atoms with van der Waals surface area (Å²) < 4.78 is 2.21. The number of halogens is 1. The molecule has 4 rings (SSSR count). The zero-order valence-electron chi connectivity index (χ0n) is 13.7. The van der Waals surface area contributed by atoms with Crippen molar-refractivity contribution >= 4 is 23.1 Å². The highest BCUT2D eigenvalue weighted by Crippen LogP contribution is 2.35. The second-order valence-electron chi connectivity index (χ2n) is 6.62.